The van der Waals surface area contributed by atoms with Gasteiger partial charge in [-0.25, -0.2) is 0 Å². The van der Waals surface area contributed by atoms with Crippen LogP contribution in [0, 0.1) is 0 Å². The summed E-state index contributed by atoms with van der Waals surface area (Å²) in [6, 6.07) is 47.5. The largest absolute Gasteiger partial charge is 0.310 e. The molecule has 0 bridgehead atoms. The molecule has 1 unspecified atom stereocenters. The third kappa shape index (κ3) is 4.03. The van der Waals surface area contributed by atoms with Gasteiger partial charge in [-0.2, -0.15) is 0 Å². The van der Waals surface area contributed by atoms with Gasteiger partial charge in [0.05, 0.1) is 5.70 Å². The first-order chi connectivity index (χ1) is 20.9. The van der Waals surface area contributed by atoms with E-state index in [4.69, 9.17) is 0 Å². The molecule has 200 valence electrons. The van der Waals surface area contributed by atoms with Crippen LogP contribution in [0.3, 0.4) is 0 Å². The minimum atomic E-state index is 0.192. The quantitative estimate of drug-likeness (QED) is 0.212. The van der Waals surface area contributed by atoms with Crippen molar-refractivity contribution in [3.8, 4) is 0 Å². The highest BCUT2D eigenvalue weighted by atomic mass is 15.2. The Bertz CT molecular complexity index is 1800. The molecule has 8 rings (SSSR count). The third-order valence-corrected chi connectivity index (χ3v) is 8.55. The van der Waals surface area contributed by atoms with E-state index in [2.05, 4.69) is 174 Å². The summed E-state index contributed by atoms with van der Waals surface area (Å²) in [5.41, 5.74) is 14.0. The van der Waals surface area contributed by atoms with Gasteiger partial charge in [0, 0.05) is 34.4 Å². The highest BCUT2D eigenvalue weighted by Crippen LogP contribution is 2.52. The highest BCUT2D eigenvalue weighted by molar-refractivity contribution is 5.85. The topological polar surface area (TPSA) is 6.48 Å². The molecule has 0 saturated heterocycles. The Kier molecular flexibility index (Phi) is 5.97. The Labute approximate surface area is 247 Å². The molecule has 0 heterocycles. The standard InChI is InChI=1S/C40H30N2/c1-5-13-31(14-6-1)41(32-15-7-2-8-16-32)37-27-23-29-22-26-36-38(28-24-30-21-25-35(37)39(29)40(30)36)42(33-17-9-3-10-18-33)34-19-11-4-12-20-34/h1-25,27-28,39H,26H2. The van der Waals surface area contributed by atoms with E-state index in [0.29, 0.717) is 0 Å². The molecule has 5 aromatic rings. The summed E-state index contributed by atoms with van der Waals surface area (Å²) in [7, 11) is 0. The first-order valence-corrected chi connectivity index (χ1v) is 14.6. The molecule has 42 heavy (non-hydrogen) atoms. The van der Waals surface area contributed by atoms with Crippen molar-refractivity contribution in [2.24, 2.45) is 0 Å². The van der Waals surface area contributed by atoms with Crippen LogP contribution in [0.4, 0.5) is 28.4 Å². The van der Waals surface area contributed by atoms with Gasteiger partial charge in [-0.15, -0.1) is 0 Å². The van der Waals surface area contributed by atoms with Crippen molar-refractivity contribution in [3.05, 3.63) is 191 Å². The van der Waals surface area contributed by atoms with Gasteiger partial charge >= 0.3 is 0 Å². The molecule has 2 nitrogen and oxygen atoms in total. The number of benzene rings is 5. The van der Waals surface area contributed by atoms with E-state index in [9.17, 15) is 0 Å². The van der Waals surface area contributed by atoms with Crippen LogP contribution in [0.25, 0.3) is 6.08 Å². The van der Waals surface area contributed by atoms with Crippen molar-refractivity contribution in [2.75, 3.05) is 9.80 Å². The molecule has 0 radical (unpaired) electrons. The molecule has 0 aromatic heterocycles. The maximum atomic E-state index is 2.44. The number of anilines is 5. The van der Waals surface area contributed by atoms with E-state index in [0.717, 1.165) is 17.8 Å². The van der Waals surface area contributed by atoms with Crippen LogP contribution in [-0.4, -0.2) is 0 Å². The van der Waals surface area contributed by atoms with Gasteiger partial charge in [0.25, 0.3) is 0 Å². The Morgan fingerprint density at radius 1 is 0.476 bits per heavy atom. The number of hydrogen-bond donors (Lipinski definition) is 0. The Morgan fingerprint density at radius 2 is 1.00 bits per heavy atom. The maximum Gasteiger partial charge on any atom is 0.0503 e. The highest BCUT2D eigenvalue weighted by Gasteiger charge is 2.36. The fourth-order valence-electron chi connectivity index (χ4n) is 6.73. The Hall–Kier alpha value is -5.34. The summed E-state index contributed by atoms with van der Waals surface area (Å²) in [5, 5.41) is 0. The molecule has 1 atom stereocenters. The maximum absolute atomic E-state index is 2.44. The first kappa shape index (κ1) is 24.5. The molecular formula is C40H30N2. The molecule has 3 aliphatic rings. The zero-order valence-electron chi connectivity index (χ0n) is 23.3. The average molecular weight is 539 g/mol. The third-order valence-electron chi connectivity index (χ3n) is 8.55. The summed E-state index contributed by atoms with van der Waals surface area (Å²) >= 11 is 0. The van der Waals surface area contributed by atoms with Gasteiger partial charge in [-0.3, -0.25) is 0 Å². The van der Waals surface area contributed by atoms with E-state index in [1.165, 1.54) is 50.6 Å². The summed E-state index contributed by atoms with van der Waals surface area (Å²) < 4.78 is 0. The van der Waals surface area contributed by atoms with Gasteiger partial charge in [0.2, 0.25) is 0 Å². The second-order valence-electron chi connectivity index (χ2n) is 10.9. The van der Waals surface area contributed by atoms with E-state index < -0.39 is 0 Å². The monoisotopic (exact) mass is 538 g/mol. The normalized spacial score (nSPS) is 16.1. The lowest BCUT2D eigenvalue weighted by Crippen LogP contribution is -2.26. The van der Waals surface area contributed by atoms with Crippen LogP contribution >= 0.6 is 0 Å². The molecule has 0 aliphatic heterocycles. The Balaban J connectivity index is 1.33. The summed E-state index contributed by atoms with van der Waals surface area (Å²) in [6.45, 7) is 0. The number of allylic oxidation sites excluding steroid dienone is 6. The SMILES string of the molecule is C1=CC(N(c2ccccc2)c2ccccc2)=C2C=Cc3ccc(N(c4ccccc4)c4ccccc4)c4c3C2C1=CC4. The van der Waals surface area contributed by atoms with Crippen LogP contribution in [0.2, 0.25) is 0 Å². The summed E-state index contributed by atoms with van der Waals surface area (Å²) in [6.07, 6.45) is 12.7. The van der Waals surface area contributed by atoms with E-state index in [-0.39, 0.29) is 5.92 Å². The fourth-order valence-corrected chi connectivity index (χ4v) is 6.73. The number of rotatable bonds is 6. The van der Waals surface area contributed by atoms with Crippen molar-refractivity contribution in [3.63, 3.8) is 0 Å². The minimum Gasteiger partial charge on any atom is -0.310 e. The zero-order chi connectivity index (χ0) is 27.9. The molecule has 5 aromatic carbocycles. The average Bonchev–Trinajstić information content (AvgIpc) is 3.07. The van der Waals surface area contributed by atoms with Crippen LogP contribution in [0.15, 0.2) is 175 Å². The van der Waals surface area contributed by atoms with Gasteiger partial charge in [0.1, 0.15) is 0 Å². The zero-order valence-corrected chi connectivity index (χ0v) is 23.3. The lowest BCUT2D eigenvalue weighted by molar-refractivity contribution is 0.871. The molecule has 0 N–H and O–H groups in total. The van der Waals surface area contributed by atoms with E-state index >= 15 is 0 Å². The van der Waals surface area contributed by atoms with Gasteiger partial charge in [0.15, 0.2) is 0 Å². The predicted octanol–water partition coefficient (Wildman–Crippen LogP) is 10.4. The lowest BCUT2D eigenvalue weighted by Gasteiger charge is -2.39. The molecule has 3 aliphatic carbocycles. The molecule has 0 amide bonds. The van der Waals surface area contributed by atoms with Gasteiger partial charge in [-0.1, -0.05) is 103 Å². The van der Waals surface area contributed by atoms with Crippen molar-refractivity contribution in [1.82, 2.24) is 0 Å². The first-order valence-electron chi connectivity index (χ1n) is 14.6. The van der Waals surface area contributed by atoms with Crippen molar-refractivity contribution in [1.29, 1.82) is 0 Å². The molecular weight excluding hydrogens is 508 g/mol. The van der Waals surface area contributed by atoms with Crippen molar-refractivity contribution >= 4 is 34.5 Å². The number of para-hydroxylation sites is 4. The van der Waals surface area contributed by atoms with Crippen LogP contribution in [0.5, 0.6) is 0 Å². The molecule has 0 fully saturated rings. The molecule has 2 heteroatoms. The summed E-state index contributed by atoms with van der Waals surface area (Å²) in [4.78, 5) is 4.81. The lowest BCUT2D eigenvalue weighted by atomic mass is 9.70. The number of hydrogen-bond acceptors (Lipinski definition) is 2. The summed E-state index contributed by atoms with van der Waals surface area (Å²) in [5.74, 6) is 0.192. The van der Waals surface area contributed by atoms with E-state index in [1.54, 1.807) is 0 Å². The van der Waals surface area contributed by atoms with E-state index in [1.807, 2.05) is 0 Å². The number of nitrogens with zero attached hydrogens (tertiary/aromatic N) is 2. The van der Waals surface area contributed by atoms with Gasteiger partial charge < -0.3 is 9.80 Å². The second kappa shape index (κ2) is 10.2. The van der Waals surface area contributed by atoms with Crippen LogP contribution in [-0.2, 0) is 6.42 Å². The van der Waals surface area contributed by atoms with Crippen LogP contribution in [0.1, 0.15) is 22.6 Å². The Morgan fingerprint density at radius 3 is 1.55 bits per heavy atom. The van der Waals surface area contributed by atoms with Crippen molar-refractivity contribution in [2.45, 2.75) is 12.3 Å². The van der Waals surface area contributed by atoms with Crippen LogP contribution < -0.4 is 9.80 Å². The molecule has 0 saturated carbocycles. The smallest absolute Gasteiger partial charge is 0.0503 e. The predicted molar refractivity (Wildman–Crippen MR) is 176 cm³/mol. The minimum absolute atomic E-state index is 0.192. The van der Waals surface area contributed by atoms with Crippen molar-refractivity contribution < 1.29 is 0 Å². The fraction of sp³-hybridized carbons (Fsp3) is 0.0500. The second-order valence-corrected chi connectivity index (χ2v) is 10.9. The van der Waals surface area contributed by atoms with Gasteiger partial charge in [-0.05, 0) is 94.9 Å². The molecule has 0 spiro atoms.